The Balaban J connectivity index is 3.10. The lowest BCUT2D eigenvalue weighted by Gasteiger charge is -2.19. The summed E-state index contributed by atoms with van der Waals surface area (Å²) in [5, 5.41) is -0.0501. The van der Waals surface area contributed by atoms with Crippen LogP contribution in [0.4, 0.5) is 0 Å². The van der Waals surface area contributed by atoms with E-state index >= 15 is 0 Å². The fourth-order valence-corrected chi connectivity index (χ4v) is 4.39. The van der Waals surface area contributed by atoms with Crippen molar-refractivity contribution in [2.75, 3.05) is 13.6 Å². The predicted octanol–water partition coefficient (Wildman–Crippen LogP) is 4.16. The molecule has 0 saturated carbocycles. The Labute approximate surface area is 136 Å². The highest BCUT2D eigenvalue weighted by molar-refractivity contribution is 9.11. The van der Waals surface area contributed by atoms with Crippen LogP contribution in [0.25, 0.3) is 0 Å². The number of rotatable bonds is 5. The zero-order valence-corrected chi connectivity index (χ0v) is 15.7. The van der Waals surface area contributed by atoms with Gasteiger partial charge >= 0.3 is 0 Å². The van der Waals surface area contributed by atoms with E-state index in [0.717, 1.165) is 10.0 Å². The van der Waals surface area contributed by atoms with Gasteiger partial charge in [-0.05, 0) is 53.9 Å². The normalized spacial score (nSPS) is 13.8. The number of hydrogen-bond donors (Lipinski definition) is 0. The van der Waals surface area contributed by atoms with Crippen molar-refractivity contribution in [2.45, 2.75) is 30.5 Å². The number of aryl methyl sites for hydroxylation is 1. The van der Waals surface area contributed by atoms with E-state index in [-0.39, 0.29) is 10.3 Å². The van der Waals surface area contributed by atoms with Crippen molar-refractivity contribution in [3.8, 4) is 0 Å². The fourth-order valence-electron chi connectivity index (χ4n) is 1.47. The molecule has 0 spiro atoms. The fraction of sp³-hybridized carbons (Fsp3) is 0.500. The third-order valence-electron chi connectivity index (χ3n) is 2.74. The highest BCUT2D eigenvalue weighted by Crippen LogP contribution is 2.30. The summed E-state index contributed by atoms with van der Waals surface area (Å²) in [6.07, 6.45) is 0.613. The molecule has 0 amide bonds. The van der Waals surface area contributed by atoms with Gasteiger partial charge in [0, 0.05) is 27.9 Å². The number of benzene rings is 1. The molecule has 1 aromatic rings. The topological polar surface area (TPSA) is 37.4 Å². The highest BCUT2D eigenvalue weighted by atomic mass is 79.9. The van der Waals surface area contributed by atoms with Crippen LogP contribution in [0, 0.1) is 6.92 Å². The molecule has 1 unspecified atom stereocenters. The summed E-state index contributed by atoms with van der Waals surface area (Å²) in [6.45, 7) is 4.15. The highest BCUT2D eigenvalue weighted by Gasteiger charge is 2.24. The summed E-state index contributed by atoms with van der Waals surface area (Å²) in [7, 11) is -1.94. The lowest BCUT2D eigenvalue weighted by molar-refractivity contribution is 0.460. The minimum Gasteiger partial charge on any atom is -0.207 e. The average molecular weight is 434 g/mol. The Morgan fingerprint density at radius 3 is 2.42 bits per heavy atom. The molecule has 0 aliphatic heterocycles. The van der Waals surface area contributed by atoms with Gasteiger partial charge in [-0.1, -0.05) is 15.9 Å². The standard InChI is InChI=1S/C12H16Br2ClNO2S/c1-8-6-11(14)12(7-10(8)13)19(17,18)16(3)5-4-9(2)15/h6-7,9H,4-5H2,1-3H3. The van der Waals surface area contributed by atoms with Crippen molar-refractivity contribution in [3.63, 3.8) is 0 Å². The Hall–Kier alpha value is 0.380. The molecule has 0 fully saturated rings. The summed E-state index contributed by atoms with van der Waals surface area (Å²) in [6, 6.07) is 3.41. The van der Waals surface area contributed by atoms with Crippen LogP contribution in [0.3, 0.4) is 0 Å². The zero-order valence-electron chi connectivity index (χ0n) is 11.0. The Morgan fingerprint density at radius 1 is 1.32 bits per heavy atom. The van der Waals surface area contributed by atoms with Crippen LogP contribution >= 0.6 is 43.5 Å². The number of alkyl halides is 1. The number of hydrogen-bond acceptors (Lipinski definition) is 2. The van der Waals surface area contributed by atoms with E-state index in [2.05, 4.69) is 31.9 Å². The number of sulfonamides is 1. The first kappa shape index (κ1) is 17.4. The van der Waals surface area contributed by atoms with E-state index in [9.17, 15) is 8.42 Å². The Bertz CT molecular complexity index is 561. The van der Waals surface area contributed by atoms with E-state index in [0.29, 0.717) is 17.4 Å². The minimum atomic E-state index is -3.51. The summed E-state index contributed by atoms with van der Waals surface area (Å²) in [4.78, 5) is 0.259. The van der Waals surface area contributed by atoms with E-state index in [4.69, 9.17) is 11.6 Å². The smallest absolute Gasteiger partial charge is 0.207 e. The van der Waals surface area contributed by atoms with Gasteiger partial charge in [0.05, 0.1) is 4.90 Å². The van der Waals surface area contributed by atoms with Crippen LogP contribution in [-0.2, 0) is 10.0 Å². The van der Waals surface area contributed by atoms with Crippen molar-refractivity contribution < 1.29 is 8.42 Å². The summed E-state index contributed by atoms with van der Waals surface area (Å²) < 4.78 is 27.6. The molecule has 3 nitrogen and oxygen atoms in total. The molecule has 1 aromatic carbocycles. The van der Waals surface area contributed by atoms with Gasteiger partial charge in [-0.25, -0.2) is 12.7 Å². The average Bonchev–Trinajstić information content (AvgIpc) is 2.30. The maximum Gasteiger partial charge on any atom is 0.243 e. The van der Waals surface area contributed by atoms with Crippen LogP contribution in [0.15, 0.2) is 26.0 Å². The first-order chi connectivity index (χ1) is 8.66. The summed E-state index contributed by atoms with van der Waals surface area (Å²) >= 11 is 12.5. The van der Waals surface area contributed by atoms with Gasteiger partial charge in [0.15, 0.2) is 0 Å². The molecule has 1 atom stereocenters. The van der Waals surface area contributed by atoms with Crippen LogP contribution in [-0.4, -0.2) is 31.7 Å². The third-order valence-corrected chi connectivity index (χ3v) is 6.63. The Kier molecular flexibility index (Phi) is 6.32. The van der Waals surface area contributed by atoms with Gasteiger partial charge in [-0.3, -0.25) is 0 Å². The molecule has 0 heterocycles. The van der Waals surface area contributed by atoms with Gasteiger partial charge in [-0.2, -0.15) is 0 Å². The molecular formula is C12H16Br2ClNO2S. The van der Waals surface area contributed by atoms with Crippen LogP contribution in [0.1, 0.15) is 18.9 Å². The van der Waals surface area contributed by atoms with Crippen molar-refractivity contribution in [1.82, 2.24) is 4.31 Å². The first-order valence-corrected chi connectivity index (χ1v) is 9.18. The maximum atomic E-state index is 12.5. The quantitative estimate of drug-likeness (QED) is 0.654. The monoisotopic (exact) mass is 431 g/mol. The predicted molar refractivity (Wildman–Crippen MR) is 86.3 cm³/mol. The van der Waals surface area contributed by atoms with Gasteiger partial charge < -0.3 is 0 Å². The molecule has 0 aliphatic carbocycles. The van der Waals surface area contributed by atoms with Crippen LogP contribution in [0.5, 0.6) is 0 Å². The van der Waals surface area contributed by atoms with E-state index in [1.807, 2.05) is 13.8 Å². The second kappa shape index (κ2) is 6.89. The van der Waals surface area contributed by atoms with E-state index in [1.165, 1.54) is 4.31 Å². The van der Waals surface area contributed by atoms with Gasteiger partial charge in [0.1, 0.15) is 0 Å². The van der Waals surface area contributed by atoms with Crippen LogP contribution < -0.4 is 0 Å². The van der Waals surface area contributed by atoms with Crippen molar-refractivity contribution in [3.05, 3.63) is 26.6 Å². The van der Waals surface area contributed by atoms with E-state index < -0.39 is 10.0 Å². The number of halogens is 3. The third kappa shape index (κ3) is 4.43. The van der Waals surface area contributed by atoms with Gasteiger partial charge in [-0.15, -0.1) is 11.6 Å². The SMILES string of the molecule is Cc1cc(Br)c(S(=O)(=O)N(C)CCC(C)Cl)cc1Br. The summed E-state index contributed by atoms with van der Waals surface area (Å²) in [5.41, 5.74) is 0.975. The molecule has 0 aliphatic rings. The molecule has 108 valence electrons. The molecule has 0 saturated heterocycles. The van der Waals surface area contributed by atoms with Crippen molar-refractivity contribution in [2.24, 2.45) is 0 Å². The number of nitrogens with zero attached hydrogens (tertiary/aromatic N) is 1. The van der Waals surface area contributed by atoms with E-state index in [1.54, 1.807) is 19.2 Å². The molecule has 7 heteroatoms. The van der Waals surface area contributed by atoms with Gasteiger partial charge in [0.25, 0.3) is 0 Å². The minimum absolute atomic E-state index is 0.0501. The second-order valence-corrected chi connectivity index (χ2v) is 8.89. The largest absolute Gasteiger partial charge is 0.243 e. The van der Waals surface area contributed by atoms with Crippen molar-refractivity contribution >= 4 is 53.5 Å². The molecule has 1 rings (SSSR count). The molecular weight excluding hydrogens is 417 g/mol. The second-order valence-electron chi connectivity index (χ2n) is 4.43. The van der Waals surface area contributed by atoms with Gasteiger partial charge in [0.2, 0.25) is 10.0 Å². The first-order valence-electron chi connectivity index (χ1n) is 5.72. The summed E-state index contributed by atoms with van der Waals surface area (Å²) in [5.74, 6) is 0. The maximum absolute atomic E-state index is 12.5. The molecule has 0 bridgehead atoms. The zero-order chi connectivity index (χ0) is 14.8. The molecule has 0 aromatic heterocycles. The Morgan fingerprint density at radius 2 is 1.89 bits per heavy atom. The van der Waals surface area contributed by atoms with Crippen LogP contribution in [0.2, 0.25) is 0 Å². The lowest BCUT2D eigenvalue weighted by atomic mass is 10.2. The molecule has 0 radical (unpaired) electrons. The molecule has 19 heavy (non-hydrogen) atoms. The molecule has 0 N–H and O–H groups in total. The lowest BCUT2D eigenvalue weighted by Crippen LogP contribution is -2.29. The van der Waals surface area contributed by atoms with Crippen molar-refractivity contribution in [1.29, 1.82) is 0 Å².